The first-order valence-corrected chi connectivity index (χ1v) is 6.28. The predicted octanol–water partition coefficient (Wildman–Crippen LogP) is 1.50. The van der Waals surface area contributed by atoms with Crippen molar-refractivity contribution >= 4 is 11.7 Å². The molecule has 0 radical (unpaired) electrons. The van der Waals surface area contributed by atoms with Crippen LogP contribution in [0.1, 0.15) is 24.2 Å². The molecule has 1 aliphatic rings. The highest BCUT2D eigenvalue weighted by Crippen LogP contribution is 2.45. The lowest BCUT2D eigenvalue weighted by Crippen LogP contribution is -2.22. The van der Waals surface area contributed by atoms with Crippen molar-refractivity contribution in [3.63, 3.8) is 0 Å². The van der Waals surface area contributed by atoms with Gasteiger partial charge in [-0.25, -0.2) is 4.79 Å². The Morgan fingerprint density at radius 2 is 2.10 bits per heavy atom. The summed E-state index contributed by atoms with van der Waals surface area (Å²) in [6, 6.07) is 1.41. The van der Waals surface area contributed by atoms with Crippen molar-refractivity contribution in [2.75, 3.05) is 25.6 Å². The van der Waals surface area contributed by atoms with Gasteiger partial charge < -0.3 is 29.8 Å². The first-order chi connectivity index (χ1) is 9.54. The molecule has 0 saturated carbocycles. The first-order valence-electron chi connectivity index (χ1n) is 6.28. The van der Waals surface area contributed by atoms with Gasteiger partial charge in [0.25, 0.3) is 0 Å². The van der Waals surface area contributed by atoms with Crippen LogP contribution in [-0.4, -0.2) is 37.2 Å². The Bertz CT molecular complexity index is 516. The minimum atomic E-state index is -1.17. The summed E-state index contributed by atoms with van der Waals surface area (Å²) in [5, 5.41) is 9.20. The van der Waals surface area contributed by atoms with Gasteiger partial charge in [0.2, 0.25) is 5.75 Å². The number of carbonyl (C=O) groups is 1. The minimum absolute atomic E-state index is 0.0560. The number of hydrogen-bond donors (Lipinski definition) is 2. The van der Waals surface area contributed by atoms with Crippen LogP contribution in [0.15, 0.2) is 6.07 Å². The Kier molecular flexibility index (Phi) is 4.19. The van der Waals surface area contributed by atoms with Crippen LogP contribution < -0.4 is 19.9 Å². The maximum atomic E-state index is 11.2. The molecule has 7 nitrogen and oxygen atoms in total. The van der Waals surface area contributed by atoms with Gasteiger partial charge in [-0.15, -0.1) is 0 Å². The van der Waals surface area contributed by atoms with Crippen LogP contribution >= 0.6 is 0 Å². The van der Waals surface area contributed by atoms with Gasteiger partial charge in [-0.3, -0.25) is 0 Å². The van der Waals surface area contributed by atoms with Gasteiger partial charge in [-0.05, 0) is 13.8 Å². The number of aromatic carboxylic acids is 1. The third-order valence-electron chi connectivity index (χ3n) is 2.72. The fourth-order valence-corrected chi connectivity index (χ4v) is 1.95. The number of nitrogen functional groups attached to an aromatic ring is 1. The standard InChI is InChI=1S/C13H17NO6/c1-3-17-7(2)20-9-6-8(14)10(13(15)16)12-11(9)18-4-5-19-12/h6-7H,3-5,14H2,1-2H3,(H,15,16). The molecular formula is C13H17NO6. The molecule has 1 aromatic rings. The third-order valence-corrected chi connectivity index (χ3v) is 2.72. The Morgan fingerprint density at radius 3 is 2.70 bits per heavy atom. The van der Waals surface area contributed by atoms with Crippen LogP contribution in [0.4, 0.5) is 5.69 Å². The van der Waals surface area contributed by atoms with E-state index in [1.165, 1.54) is 6.07 Å². The van der Waals surface area contributed by atoms with Crippen molar-refractivity contribution in [1.82, 2.24) is 0 Å². The Hall–Kier alpha value is -2.15. The van der Waals surface area contributed by atoms with Gasteiger partial charge in [0.05, 0.1) is 5.69 Å². The molecule has 0 bridgehead atoms. The topological polar surface area (TPSA) is 100 Å². The van der Waals surface area contributed by atoms with Crippen molar-refractivity contribution in [3.05, 3.63) is 11.6 Å². The maximum absolute atomic E-state index is 11.2. The number of hydrogen-bond acceptors (Lipinski definition) is 6. The van der Waals surface area contributed by atoms with Crippen molar-refractivity contribution in [2.24, 2.45) is 0 Å². The highest BCUT2D eigenvalue weighted by Gasteiger charge is 2.28. The number of rotatable bonds is 5. The second-order valence-electron chi connectivity index (χ2n) is 4.14. The number of fused-ring (bicyclic) bond motifs is 1. The maximum Gasteiger partial charge on any atom is 0.341 e. The molecule has 0 amide bonds. The lowest BCUT2D eigenvalue weighted by Gasteiger charge is -2.24. The van der Waals surface area contributed by atoms with E-state index in [-0.39, 0.29) is 29.4 Å². The lowest BCUT2D eigenvalue weighted by molar-refractivity contribution is -0.0630. The molecule has 1 aliphatic heterocycles. The number of ether oxygens (including phenoxy) is 4. The van der Waals surface area contributed by atoms with Crippen molar-refractivity contribution in [3.8, 4) is 17.2 Å². The summed E-state index contributed by atoms with van der Waals surface area (Å²) in [5.41, 5.74) is 5.70. The quantitative estimate of drug-likeness (QED) is 0.623. The highest BCUT2D eigenvalue weighted by molar-refractivity contribution is 5.98. The predicted molar refractivity (Wildman–Crippen MR) is 70.5 cm³/mol. The normalized spacial score (nSPS) is 14.7. The number of carboxylic acid groups (broad SMARTS) is 1. The average Bonchev–Trinajstić information content (AvgIpc) is 2.38. The first kappa shape index (κ1) is 14.3. The molecule has 1 unspecified atom stereocenters. The minimum Gasteiger partial charge on any atom is -0.485 e. The second kappa shape index (κ2) is 5.87. The van der Waals surface area contributed by atoms with E-state index in [1.54, 1.807) is 6.92 Å². The van der Waals surface area contributed by atoms with Crippen LogP contribution in [-0.2, 0) is 4.74 Å². The zero-order chi connectivity index (χ0) is 14.7. The molecule has 0 saturated heterocycles. The molecule has 0 fully saturated rings. The summed E-state index contributed by atoms with van der Waals surface area (Å²) in [6.45, 7) is 4.63. The number of benzene rings is 1. The molecule has 0 aromatic heterocycles. The van der Waals surface area contributed by atoms with E-state index in [1.807, 2.05) is 6.92 Å². The zero-order valence-electron chi connectivity index (χ0n) is 11.3. The lowest BCUT2D eigenvalue weighted by atomic mass is 10.1. The molecule has 1 heterocycles. The molecule has 1 aromatic carbocycles. The number of anilines is 1. The summed E-state index contributed by atoms with van der Waals surface area (Å²) in [4.78, 5) is 11.2. The van der Waals surface area contributed by atoms with Crippen LogP contribution in [0.2, 0.25) is 0 Å². The number of nitrogens with two attached hydrogens (primary N) is 1. The molecule has 7 heteroatoms. The summed E-state index contributed by atoms with van der Waals surface area (Å²) >= 11 is 0. The van der Waals surface area contributed by atoms with Gasteiger partial charge in [0.15, 0.2) is 17.8 Å². The van der Waals surface area contributed by atoms with Crippen molar-refractivity contribution < 1.29 is 28.8 Å². The van der Waals surface area contributed by atoms with E-state index in [2.05, 4.69) is 0 Å². The van der Waals surface area contributed by atoms with E-state index in [0.29, 0.717) is 19.0 Å². The molecule has 2 rings (SSSR count). The molecule has 1 atom stereocenters. The van der Waals surface area contributed by atoms with Crippen LogP contribution in [0.3, 0.4) is 0 Å². The smallest absolute Gasteiger partial charge is 0.341 e. The van der Waals surface area contributed by atoms with Crippen molar-refractivity contribution in [1.29, 1.82) is 0 Å². The molecule has 3 N–H and O–H groups in total. The van der Waals surface area contributed by atoms with Crippen LogP contribution in [0.5, 0.6) is 17.2 Å². The van der Waals surface area contributed by atoms with E-state index >= 15 is 0 Å². The van der Waals surface area contributed by atoms with E-state index in [0.717, 1.165) is 0 Å². The van der Waals surface area contributed by atoms with Gasteiger partial charge in [0, 0.05) is 12.7 Å². The average molecular weight is 283 g/mol. The summed E-state index contributed by atoms with van der Waals surface area (Å²) in [7, 11) is 0. The second-order valence-corrected chi connectivity index (χ2v) is 4.14. The van der Waals surface area contributed by atoms with Gasteiger partial charge in [-0.2, -0.15) is 0 Å². The molecule has 0 spiro atoms. The monoisotopic (exact) mass is 283 g/mol. The summed E-state index contributed by atoms with van der Waals surface area (Å²) < 4.78 is 21.7. The molecule has 0 aliphatic carbocycles. The zero-order valence-corrected chi connectivity index (χ0v) is 11.3. The van der Waals surface area contributed by atoms with E-state index in [4.69, 9.17) is 24.7 Å². The van der Waals surface area contributed by atoms with E-state index < -0.39 is 12.3 Å². The highest BCUT2D eigenvalue weighted by atomic mass is 16.7. The van der Waals surface area contributed by atoms with Crippen LogP contribution in [0.25, 0.3) is 0 Å². The third kappa shape index (κ3) is 2.72. The van der Waals surface area contributed by atoms with E-state index in [9.17, 15) is 9.90 Å². The molecular weight excluding hydrogens is 266 g/mol. The van der Waals surface area contributed by atoms with Crippen LogP contribution in [0, 0.1) is 0 Å². The van der Waals surface area contributed by atoms with Gasteiger partial charge in [0.1, 0.15) is 18.8 Å². The Morgan fingerprint density at radius 1 is 1.45 bits per heavy atom. The summed E-state index contributed by atoms with van der Waals surface area (Å²) in [5.74, 6) is -0.520. The Labute approximate surface area is 116 Å². The SMILES string of the molecule is CCOC(C)Oc1cc(N)c(C(=O)O)c2c1OCCO2. The molecule has 20 heavy (non-hydrogen) atoms. The largest absolute Gasteiger partial charge is 0.485 e. The summed E-state index contributed by atoms with van der Waals surface area (Å²) in [6.07, 6.45) is -0.510. The fourth-order valence-electron chi connectivity index (χ4n) is 1.95. The Balaban J connectivity index is 2.43. The van der Waals surface area contributed by atoms with Gasteiger partial charge in [-0.1, -0.05) is 0 Å². The van der Waals surface area contributed by atoms with Crippen molar-refractivity contribution in [2.45, 2.75) is 20.1 Å². The van der Waals surface area contributed by atoms with Gasteiger partial charge >= 0.3 is 5.97 Å². The fraction of sp³-hybridized carbons (Fsp3) is 0.462. The molecule has 110 valence electrons. The number of carboxylic acids is 1.